The van der Waals surface area contributed by atoms with Crippen LogP contribution in [0.3, 0.4) is 0 Å². The standard InChI is InChI=1S/C17H22N2O3/c1-5-19(17(20)12(2)3)11-14-10-16(22-18-14)13-6-8-15(21-4)9-7-13/h6-10,12H,5,11H2,1-4H3. The molecule has 0 aliphatic rings. The second-order valence-corrected chi connectivity index (χ2v) is 5.42. The minimum Gasteiger partial charge on any atom is -0.497 e. The monoisotopic (exact) mass is 302 g/mol. The first-order chi connectivity index (χ1) is 10.5. The van der Waals surface area contributed by atoms with Crippen LogP contribution in [0.2, 0.25) is 0 Å². The number of amides is 1. The SMILES string of the molecule is CCN(Cc1cc(-c2ccc(OC)cc2)on1)C(=O)C(C)C. The molecule has 0 unspecified atom stereocenters. The van der Waals surface area contributed by atoms with Crippen molar-refractivity contribution in [1.29, 1.82) is 0 Å². The quantitative estimate of drug-likeness (QED) is 0.821. The van der Waals surface area contributed by atoms with E-state index in [4.69, 9.17) is 9.26 Å². The molecule has 0 atom stereocenters. The van der Waals surface area contributed by atoms with Gasteiger partial charge in [0.25, 0.3) is 0 Å². The Morgan fingerprint density at radius 1 is 1.32 bits per heavy atom. The summed E-state index contributed by atoms with van der Waals surface area (Å²) in [5.74, 6) is 1.58. The number of carbonyl (C=O) groups is 1. The third-order valence-corrected chi connectivity index (χ3v) is 3.47. The zero-order valence-electron chi connectivity index (χ0n) is 13.5. The Bertz CT molecular complexity index is 617. The van der Waals surface area contributed by atoms with Gasteiger partial charge < -0.3 is 14.2 Å². The first-order valence-corrected chi connectivity index (χ1v) is 7.44. The number of hydrogen-bond donors (Lipinski definition) is 0. The van der Waals surface area contributed by atoms with Gasteiger partial charge in [-0.2, -0.15) is 0 Å². The van der Waals surface area contributed by atoms with Crippen LogP contribution in [0, 0.1) is 5.92 Å². The van der Waals surface area contributed by atoms with E-state index in [1.807, 2.05) is 51.1 Å². The minimum absolute atomic E-state index is 0.0205. The molecule has 0 radical (unpaired) electrons. The molecule has 2 aromatic rings. The van der Waals surface area contributed by atoms with E-state index >= 15 is 0 Å². The zero-order valence-corrected chi connectivity index (χ0v) is 13.5. The van der Waals surface area contributed by atoms with Crippen LogP contribution in [0.4, 0.5) is 0 Å². The van der Waals surface area contributed by atoms with Crippen LogP contribution in [0.25, 0.3) is 11.3 Å². The number of ether oxygens (including phenoxy) is 1. The van der Waals surface area contributed by atoms with E-state index in [0.717, 1.165) is 17.0 Å². The average Bonchev–Trinajstić information content (AvgIpc) is 3.00. The van der Waals surface area contributed by atoms with Crippen molar-refractivity contribution in [2.75, 3.05) is 13.7 Å². The maximum atomic E-state index is 12.1. The lowest BCUT2D eigenvalue weighted by Gasteiger charge is -2.21. The fraction of sp³-hybridized carbons (Fsp3) is 0.412. The van der Waals surface area contributed by atoms with Crippen molar-refractivity contribution in [3.63, 3.8) is 0 Å². The zero-order chi connectivity index (χ0) is 16.1. The number of nitrogens with zero attached hydrogens (tertiary/aromatic N) is 2. The fourth-order valence-corrected chi connectivity index (χ4v) is 2.18. The van der Waals surface area contributed by atoms with Crippen LogP contribution in [0.1, 0.15) is 26.5 Å². The predicted octanol–water partition coefficient (Wildman–Crippen LogP) is 3.35. The summed E-state index contributed by atoms with van der Waals surface area (Å²) in [6.45, 7) is 6.88. The molecule has 22 heavy (non-hydrogen) atoms. The summed E-state index contributed by atoms with van der Waals surface area (Å²) in [5.41, 5.74) is 1.68. The molecule has 0 saturated carbocycles. The third kappa shape index (κ3) is 3.67. The molecule has 0 bridgehead atoms. The Morgan fingerprint density at radius 3 is 2.55 bits per heavy atom. The molecule has 2 rings (SSSR count). The van der Waals surface area contributed by atoms with E-state index < -0.39 is 0 Å². The summed E-state index contributed by atoms with van der Waals surface area (Å²) < 4.78 is 10.5. The molecule has 5 nitrogen and oxygen atoms in total. The van der Waals surface area contributed by atoms with E-state index in [0.29, 0.717) is 18.8 Å². The predicted molar refractivity (Wildman–Crippen MR) is 84.4 cm³/mol. The molecule has 1 amide bonds. The van der Waals surface area contributed by atoms with Gasteiger partial charge in [-0.3, -0.25) is 4.79 Å². The fourth-order valence-electron chi connectivity index (χ4n) is 2.18. The van der Waals surface area contributed by atoms with Gasteiger partial charge >= 0.3 is 0 Å². The molecule has 118 valence electrons. The lowest BCUT2D eigenvalue weighted by molar-refractivity contribution is -0.134. The number of benzene rings is 1. The highest BCUT2D eigenvalue weighted by atomic mass is 16.5. The largest absolute Gasteiger partial charge is 0.497 e. The Balaban J connectivity index is 2.11. The Morgan fingerprint density at radius 2 is 2.00 bits per heavy atom. The van der Waals surface area contributed by atoms with Gasteiger partial charge in [-0.05, 0) is 31.2 Å². The molecule has 0 aliphatic carbocycles. The molecule has 0 N–H and O–H groups in total. The molecule has 1 aromatic heterocycles. The topological polar surface area (TPSA) is 55.6 Å². The number of carbonyl (C=O) groups excluding carboxylic acids is 1. The molecule has 1 heterocycles. The minimum atomic E-state index is -0.0205. The third-order valence-electron chi connectivity index (χ3n) is 3.47. The van der Waals surface area contributed by atoms with E-state index in [2.05, 4.69) is 5.16 Å². The lowest BCUT2D eigenvalue weighted by atomic mass is 10.1. The molecule has 0 aliphatic heterocycles. The van der Waals surface area contributed by atoms with Gasteiger partial charge in [0.1, 0.15) is 11.4 Å². The van der Waals surface area contributed by atoms with Crippen LogP contribution in [0.5, 0.6) is 5.75 Å². The average molecular weight is 302 g/mol. The first kappa shape index (κ1) is 16.1. The first-order valence-electron chi connectivity index (χ1n) is 7.44. The van der Waals surface area contributed by atoms with E-state index in [1.54, 1.807) is 12.0 Å². The van der Waals surface area contributed by atoms with Crippen molar-refractivity contribution >= 4 is 5.91 Å². The number of aromatic nitrogens is 1. The summed E-state index contributed by atoms with van der Waals surface area (Å²) in [6.07, 6.45) is 0. The van der Waals surface area contributed by atoms with Crippen molar-refractivity contribution in [3.8, 4) is 17.1 Å². The Labute approximate surface area is 130 Å². The van der Waals surface area contributed by atoms with Crippen LogP contribution < -0.4 is 4.74 Å². The van der Waals surface area contributed by atoms with Crippen LogP contribution in [0.15, 0.2) is 34.9 Å². The van der Waals surface area contributed by atoms with E-state index in [-0.39, 0.29) is 11.8 Å². The number of rotatable bonds is 6. The highest BCUT2D eigenvalue weighted by Gasteiger charge is 2.17. The van der Waals surface area contributed by atoms with Gasteiger partial charge in [0.05, 0.1) is 13.7 Å². The summed E-state index contributed by atoms with van der Waals surface area (Å²) in [4.78, 5) is 13.9. The highest BCUT2D eigenvalue weighted by molar-refractivity contribution is 5.78. The molecule has 0 spiro atoms. The molecule has 5 heteroatoms. The van der Waals surface area contributed by atoms with Gasteiger partial charge in [-0.25, -0.2) is 0 Å². The molecule has 1 aromatic carbocycles. The van der Waals surface area contributed by atoms with Gasteiger partial charge in [-0.15, -0.1) is 0 Å². The smallest absolute Gasteiger partial charge is 0.225 e. The second-order valence-electron chi connectivity index (χ2n) is 5.42. The summed E-state index contributed by atoms with van der Waals surface area (Å²) in [5, 5.41) is 4.06. The van der Waals surface area contributed by atoms with Crippen molar-refractivity contribution in [3.05, 3.63) is 36.0 Å². The molecule has 0 saturated heterocycles. The Kier molecular flexibility index (Phi) is 5.20. The van der Waals surface area contributed by atoms with Crippen LogP contribution in [-0.4, -0.2) is 29.6 Å². The molecular weight excluding hydrogens is 280 g/mol. The maximum Gasteiger partial charge on any atom is 0.225 e. The van der Waals surface area contributed by atoms with Crippen molar-refractivity contribution in [2.24, 2.45) is 5.92 Å². The molecule has 0 fully saturated rings. The van der Waals surface area contributed by atoms with Gasteiger partial charge in [-0.1, -0.05) is 19.0 Å². The van der Waals surface area contributed by atoms with Gasteiger partial charge in [0.15, 0.2) is 5.76 Å². The van der Waals surface area contributed by atoms with Gasteiger partial charge in [0.2, 0.25) is 5.91 Å². The van der Waals surface area contributed by atoms with E-state index in [9.17, 15) is 4.79 Å². The maximum absolute atomic E-state index is 12.1. The second kappa shape index (κ2) is 7.11. The van der Waals surface area contributed by atoms with E-state index in [1.165, 1.54) is 0 Å². The van der Waals surface area contributed by atoms with Crippen molar-refractivity contribution in [1.82, 2.24) is 10.1 Å². The van der Waals surface area contributed by atoms with Gasteiger partial charge in [0, 0.05) is 24.1 Å². The van der Waals surface area contributed by atoms with Crippen LogP contribution in [-0.2, 0) is 11.3 Å². The summed E-state index contributed by atoms with van der Waals surface area (Å²) >= 11 is 0. The summed E-state index contributed by atoms with van der Waals surface area (Å²) in [7, 11) is 1.63. The molecular formula is C17H22N2O3. The van der Waals surface area contributed by atoms with Crippen molar-refractivity contribution < 1.29 is 14.1 Å². The number of hydrogen-bond acceptors (Lipinski definition) is 4. The number of methoxy groups -OCH3 is 1. The van der Waals surface area contributed by atoms with Crippen molar-refractivity contribution in [2.45, 2.75) is 27.3 Å². The summed E-state index contributed by atoms with van der Waals surface area (Å²) in [6, 6.07) is 9.45. The normalized spacial score (nSPS) is 10.8. The Hall–Kier alpha value is -2.30. The van der Waals surface area contributed by atoms with Crippen LogP contribution >= 0.6 is 0 Å². The lowest BCUT2D eigenvalue weighted by Crippen LogP contribution is -2.33. The highest BCUT2D eigenvalue weighted by Crippen LogP contribution is 2.23.